The molecule has 0 saturated heterocycles. The molecule has 2 aliphatic rings. The standard InChI is InChI=1S/C20H21BrN2O3S/c1-27(25,26)23-12-11-22(14-15-5-2-3-8-18(15)23)19(24)20(9-10-20)16-6-4-7-17(21)13-16/h2-8,13H,9-12,14H2,1H3. The highest BCUT2D eigenvalue weighted by Gasteiger charge is 2.53. The van der Waals surface area contributed by atoms with Crippen LogP contribution in [0.5, 0.6) is 0 Å². The summed E-state index contributed by atoms with van der Waals surface area (Å²) < 4.78 is 26.9. The van der Waals surface area contributed by atoms with E-state index in [9.17, 15) is 13.2 Å². The van der Waals surface area contributed by atoms with Gasteiger partial charge in [-0.05, 0) is 42.2 Å². The fourth-order valence-electron chi connectivity index (χ4n) is 3.86. The molecule has 4 rings (SSSR count). The number of anilines is 1. The van der Waals surface area contributed by atoms with Crippen molar-refractivity contribution >= 4 is 37.5 Å². The first kappa shape index (κ1) is 18.5. The van der Waals surface area contributed by atoms with E-state index in [0.717, 1.165) is 28.4 Å². The van der Waals surface area contributed by atoms with E-state index >= 15 is 0 Å². The number of nitrogens with zero attached hydrogens (tertiary/aromatic N) is 2. The first-order chi connectivity index (χ1) is 12.8. The maximum atomic E-state index is 13.5. The second-order valence-corrected chi connectivity index (χ2v) is 10.1. The molecule has 2 aromatic carbocycles. The van der Waals surface area contributed by atoms with Crippen molar-refractivity contribution < 1.29 is 13.2 Å². The van der Waals surface area contributed by atoms with Crippen LogP contribution in [0.1, 0.15) is 24.0 Å². The first-order valence-corrected chi connectivity index (χ1v) is 11.6. The highest BCUT2D eigenvalue weighted by atomic mass is 79.9. The number of amides is 1. The van der Waals surface area contributed by atoms with Crippen LogP contribution in [-0.4, -0.2) is 38.6 Å². The summed E-state index contributed by atoms with van der Waals surface area (Å²) in [5, 5.41) is 0. The largest absolute Gasteiger partial charge is 0.336 e. The molecular formula is C20H21BrN2O3S. The Kier molecular flexibility index (Phi) is 4.55. The monoisotopic (exact) mass is 448 g/mol. The van der Waals surface area contributed by atoms with E-state index in [1.54, 1.807) is 0 Å². The number of rotatable bonds is 3. The molecule has 0 N–H and O–H groups in total. The van der Waals surface area contributed by atoms with Crippen molar-refractivity contribution in [2.24, 2.45) is 0 Å². The molecule has 0 aromatic heterocycles. The Bertz CT molecular complexity index is 1000. The number of carbonyl (C=O) groups is 1. The summed E-state index contributed by atoms with van der Waals surface area (Å²) in [4.78, 5) is 15.3. The minimum Gasteiger partial charge on any atom is -0.336 e. The van der Waals surface area contributed by atoms with Crippen molar-refractivity contribution in [3.05, 3.63) is 64.1 Å². The fourth-order valence-corrected chi connectivity index (χ4v) is 5.21. The summed E-state index contributed by atoms with van der Waals surface area (Å²) in [6.45, 7) is 1.09. The molecule has 1 heterocycles. The molecule has 7 heteroatoms. The zero-order valence-electron chi connectivity index (χ0n) is 15.1. The van der Waals surface area contributed by atoms with E-state index in [1.807, 2.05) is 53.4 Å². The minimum atomic E-state index is -3.40. The lowest BCUT2D eigenvalue weighted by molar-refractivity contribution is -0.134. The Morgan fingerprint density at radius 3 is 2.48 bits per heavy atom. The number of hydrogen-bond acceptors (Lipinski definition) is 3. The van der Waals surface area contributed by atoms with Crippen LogP contribution in [0, 0.1) is 0 Å². The summed E-state index contributed by atoms with van der Waals surface area (Å²) in [7, 11) is -3.40. The fraction of sp³-hybridized carbons (Fsp3) is 0.350. The van der Waals surface area contributed by atoms with Gasteiger partial charge in [-0.1, -0.05) is 46.3 Å². The molecular weight excluding hydrogens is 428 g/mol. The lowest BCUT2D eigenvalue weighted by Crippen LogP contribution is -2.42. The lowest BCUT2D eigenvalue weighted by Gasteiger charge is -2.27. The van der Waals surface area contributed by atoms with Gasteiger partial charge in [0.05, 0.1) is 23.9 Å². The van der Waals surface area contributed by atoms with E-state index in [1.165, 1.54) is 10.6 Å². The first-order valence-electron chi connectivity index (χ1n) is 8.92. The zero-order valence-corrected chi connectivity index (χ0v) is 17.5. The van der Waals surface area contributed by atoms with Gasteiger partial charge in [0, 0.05) is 17.6 Å². The number of benzene rings is 2. The normalized spacial score (nSPS) is 18.6. The van der Waals surface area contributed by atoms with Crippen LogP contribution in [0.4, 0.5) is 5.69 Å². The van der Waals surface area contributed by atoms with Crippen molar-refractivity contribution in [3.8, 4) is 0 Å². The van der Waals surface area contributed by atoms with Gasteiger partial charge in [-0.2, -0.15) is 0 Å². The Morgan fingerprint density at radius 1 is 1.07 bits per heavy atom. The van der Waals surface area contributed by atoms with Gasteiger partial charge in [0.25, 0.3) is 0 Å². The van der Waals surface area contributed by atoms with Gasteiger partial charge >= 0.3 is 0 Å². The number of hydrogen-bond donors (Lipinski definition) is 0. The van der Waals surface area contributed by atoms with Gasteiger partial charge < -0.3 is 4.90 Å². The molecule has 0 bridgehead atoms. The quantitative estimate of drug-likeness (QED) is 0.723. The number of halogens is 1. The summed E-state index contributed by atoms with van der Waals surface area (Å²) >= 11 is 3.49. The van der Waals surface area contributed by atoms with Crippen LogP contribution in [0.3, 0.4) is 0 Å². The second-order valence-electron chi connectivity index (χ2n) is 7.28. The van der Waals surface area contributed by atoms with Gasteiger partial charge in [-0.3, -0.25) is 9.10 Å². The number of sulfonamides is 1. The van der Waals surface area contributed by atoms with Crippen LogP contribution >= 0.6 is 15.9 Å². The third-order valence-electron chi connectivity index (χ3n) is 5.42. The number of carbonyl (C=O) groups excluding carboxylic acids is 1. The Balaban J connectivity index is 1.67. The van der Waals surface area contributed by atoms with Crippen molar-refractivity contribution in [3.63, 3.8) is 0 Å². The molecule has 1 aliphatic carbocycles. The molecule has 0 unspecified atom stereocenters. The van der Waals surface area contributed by atoms with Crippen molar-refractivity contribution in [2.75, 3.05) is 23.7 Å². The Hall–Kier alpha value is -1.86. The van der Waals surface area contributed by atoms with Crippen molar-refractivity contribution in [2.45, 2.75) is 24.8 Å². The summed E-state index contributed by atoms with van der Waals surface area (Å²) in [5.74, 6) is 0.0887. The molecule has 1 amide bonds. The smallest absolute Gasteiger partial charge is 0.233 e. The summed E-state index contributed by atoms with van der Waals surface area (Å²) in [5.41, 5.74) is 2.08. The average Bonchev–Trinajstić information content (AvgIpc) is 3.44. The van der Waals surface area contributed by atoms with E-state index in [2.05, 4.69) is 15.9 Å². The van der Waals surface area contributed by atoms with Crippen LogP contribution < -0.4 is 4.31 Å². The van der Waals surface area contributed by atoms with Gasteiger partial charge in [-0.25, -0.2) is 8.42 Å². The van der Waals surface area contributed by atoms with Crippen LogP contribution in [0.2, 0.25) is 0 Å². The number of fused-ring (bicyclic) bond motifs is 1. The summed E-state index contributed by atoms with van der Waals surface area (Å²) in [6.07, 6.45) is 2.87. The van der Waals surface area contributed by atoms with Crippen LogP contribution in [-0.2, 0) is 26.8 Å². The molecule has 0 atom stereocenters. The Labute approximate surface area is 168 Å². The van der Waals surface area contributed by atoms with Gasteiger partial charge in [0.15, 0.2) is 0 Å². The van der Waals surface area contributed by atoms with E-state index in [4.69, 9.17) is 0 Å². The maximum absolute atomic E-state index is 13.5. The summed E-state index contributed by atoms with van der Waals surface area (Å²) in [6, 6.07) is 15.4. The zero-order chi connectivity index (χ0) is 19.2. The van der Waals surface area contributed by atoms with Gasteiger partial charge in [0.2, 0.25) is 15.9 Å². The van der Waals surface area contributed by atoms with Gasteiger partial charge in [0.1, 0.15) is 0 Å². The topological polar surface area (TPSA) is 57.7 Å². The highest BCUT2D eigenvalue weighted by Crippen LogP contribution is 2.50. The molecule has 0 spiro atoms. The van der Waals surface area contributed by atoms with E-state index < -0.39 is 15.4 Å². The Morgan fingerprint density at radius 2 is 1.81 bits per heavy atom. The highest BCUT2D eigenvalue weighted by molar-refractivity contribution is 9.10. The minimum absolute atomic E-state index is 0.0887. The van der Waals surface area contributed by atoms with E-state index in [0.29, 0.717) is 18.8 Å². The SMILES string of the molecule is CS(=O)(=O)N1CCN(C(=O)C2(c3cccc(Br)c3)CC2)Cc2ccccc21. The number of para-hydroxylation sites is 1. The molecule has 2 aromatic rings. The van der Waals surface area contributed by atoms with Gasteiger partial charge in [-0.15, -0.1) is 0 Å². The second kappa shape index (κ2) is 6.63. The van der Waals surface area contributed by atoms with Crippen LogP contribution in [0.15, 0.2) is 53.0 Å². The molecule has 142 valence electrons. The molecule has 1 saturated carbocycles. The van der Waals surface area contributed by atoms with Crippen molar-refractivity contribution in [1.29, 1.82) is 0 Å². The molecule has 27 heavy (non-hydrogen) atoms. The maximum Gasteiger partial charge on any atom is 0.233 e. The molecule has 1 aliphatic heterocycles. The lowest BCUT2D eigenvalue weighted by atomic mass is 9.94. The van der Waals surface area contributed by atoms with Crippen LogP contribution in [0.25, 0.3) is 0 Å². The average molecular weight is 449 g/mol. The molecule has 5 nitrogen and oxygen atoms in total. The predicted molar refractivity (Wildman–Crippen MR) is 109 cm³/mol. The predicted octanol–water partition coefficient (Wildman–Crippen LogP) is 3.29. The molecule has 0 radical (unpaired) electrons. The molecule has 1 fully saturated rings. The van der Waals surface area contributed by atoms with Crippen molar-refractivity contribution in [1.82, 2.24) is 4.90 Å². The third-order valence-corrected chi connectivity index (χ3v) is 7.09. The third kappa shape index (κ3) is 3.38. The van der Waals surface area contributed by atoms with E-state index in [-0.39, 0.29) is 12.5 Å².